The van der Waals surface area contributed by atoms with Crippen molar-refractivity contribution in [3.8, 4) is 0 Å². The highest BCUT2D eigenvalue weighted by molar-refractivity contribution is 5.92. The topological polar surface area (TPSA) is 46.9 Å². The van der Waals surface area contributed by atoms with Gasteiger partial charge in [0.25, 0.3) is 5.91 Å². The molecule has 4 heteroatoms. The van der Waals surface area contributed by atoms with Crippen molar-refractivity contribution in [1.29, 1.82) is 0 Å². The van der Waals surface area contributed by atoms with Gasteiger partial charge in [-0.05, 0) is 12.5 Å². The number of rotatable bonds is 2. The van der Waals surface area contributed by atoms with Crippen molar-refractivity contribution < 1.29 is 4.79 Å². The van der Waals surface area contributed by atoms with Crippen LogP contribution in [0.1, 0.15) is 23.1 Å². The summed E-state index contributed by atoms with van der Waals surface area (Å²) in [6.07, 6.45) is 0.852. The molecule has 1 heterocycles. The average molecular weight is 167 g/mol. The van der Waals surface area contributed by atoms with Gasteiger partial charge in [0.2, 0.25) is 0 Å². The maximum Gasteiger partial charge on any atom is 0.269 e. The average Bonchev–Trinajstić information content (AvgIpc) is 2.45. The van der Waals surface area contributed by atoms with E-state index in [0.29, 0.717) is 5.69 Å². The minimum Gasteiger partial charge on any atom is -0.354 e. The van der Waals surface area contributed by atoms with E-state index in [1.165, 1.54) is 0 Å². The fourth-order valence-electron chi connectivity index (χ4n) is 1.04. The van der Waals surface area contributed by atoms with Crippen LogP contribution in [0.4, 0.5) is 0 Å². The molecule has 0 fully saturated rings. The van der Waals surface area contributed by atoms with Crippen molar-refractivity contribution in [2.75, 3.05) is 7.05 Å². The molecule has 66 valence electrons. The van der Waals surface area contributed by atoms with Gasteiger partial charge >= 0.3 is 0 Å². The van der Waals surface area contributed by atoms with Crippen LogP contribution < -0.4 is 5.32 Å². The van der Waals surface area contributed by atoms with Gasteiger partial charge in [-0.1, -0.05) is 6.92 Å². The highest BCUT2D eigenvalue weighted by Gasteiger charge is 2.09. The molecule has 0 atom stereocenters. The molecule has 0 radical (unpaired) electrons. The Balaban J connectivity index is 2.99. The van der Waals surface area contributed by atoms with Crippen molar-refractivity contribution in [3.05, 3.63) is 17.5 Å². The van der Waals surface area contributed by atoms with Crippen LogP contribution in [-0.2, 0) is 13.5 Å². The van der Waals surface area contributed by atoms with E-state index in [4.69, 9.17) is 0 Å². The molecule has 0 spiro atoms. The first-order chi connectivity index (χ1) is 5.69. The number of aromatic nitrogens is 2. The Bertz CT molecular complexity index is 290. The summed E-state index contributed by atoms with van der Waals surface area (Å²) in [7, 11) is 3.38. The smallest absolute Gasteiger partial charge is 0.269 e. The van der Waals surface area contributed by atoms with Crippen molar-refractivity contribution in [3.63, 3.8) is 0 Å². The van der Waals surface area contributed by atoms with Gasteiger partial charge in [-0.25, -0.2) is 0 Å². The molecular formula is C8H13N3O. The first kappa shape index (κ1) is 8.77. The van der Waals surface area contributed by atoms with Crippen LogP contribution in [0.3, 0.4) is 0 Å². The fraction of sp³-hybridized carbons (Fsp3) is 0.500. The summed E-state index contributed by atoms with van der Waals surface area (Å²) in [6, 6.07) is 1.80. The molecule has 0 aromatic carbocycles. The Kier molecular flexibility index (Phi) is 2.47. The van der Waals surface area contributed by atoms with Gasteiger partial charge in [-0.3, -0.25) is 9.48 Å². The van der Waals surface area contributed by atoms with Crippen molar-refractivity contribution >= 4 is 5.91 Å². The Morgan fingerprint density at radius 3 is 2.83 bits per heavy atom. The van der Waals surface area contributed by atoms with Crippen LogP contribution in [0.2, 0.25) is 0 Å². The van der Waals surface area contributed by atoms with Crippen LogP contribution >= 0.6 is 0 Å². The minimum atomic E-state index is -0.0929. The second kappa shape index (κ2) is 3.38. The molecule has 1 aromatic rings. The number of hydrogen-bond donors (Lipinski definition) is 1. The Labute approximate surface area is 71.6 Å². The van der Waals surface area contributed by atoms with E-state index in [-0.39, 0.29) is 5.91 Å². The molecular weight excluding hydrogens is 154 g/mol. The number of aryl methyl sites for hydroxylation is 2. The van der Waals surface area contributed by atoms with Crippen molar-refractivity contribution in [1.82, 2.24) is 15.1 Å². The standard InChI is InChI=1S/C8H13N3O/c1-4-6-5-7(8(12)9-2)11(3)10-6/h5H,4H2,1-3H3,(H,9,12). The lowest BCUT2D eigenvalue weighted by Gasteiger charge is -1.97. The van der Waals surface area contributed by atoms with Crippen LogP contribution in [-0.4, -0.2) is 22.7 Å². The predicted octanol–water partition coefficient (Wildman–Crippen LogP) is 0.342. The molecule has 0 saturated heterocycles. The van der Waals surface area contributed by atoms with E-state index in [0.717, 1.165) is 12.1 Å². The minimum absolute atomic E-state index is 0.0929. The third kappa shape index (κ3) is 1.47. The zero-order valence-corrected chi connectivity index (χ0v) is 7.59. The fourth-order valence-corrected chi connectivity index (χ4v) is 1.04. The van der Waals surface area contributed by atoms with E-state index in [1.54, 1.807) is 24.8 Å². The summed E-state index contributed by atoms with van der Waals surface area (Å²) >= 11 is 0. The first-order valence-electron chi connectivity index (χ1n) is 3.94. The molecule has 12 heavy (non-hydrogen) atoms. The molecule has 0 saturated carbocycles. The van der Waals surface area contributed by atoms with E-state index < -0.39 is 0 Å². The second-order valence-electron chi connectivity index (χ2n) is 2.58. The highest BCUT2D eigenvalue weighted by Crippen LogP contribution is 2.02. The molecule has 0 aliphatic carbocycles. The Morgan fingerprint density at radius 1 is 1.75 bits per heavy atom. The Hall–Kier alpha value is -1.32. The predicted molar refractivity (Wildman–Crippen MR) is 46.0 cm³/mol. The van der Waals surface area contributed by atoms with Gasteiger partial charge < -0.3 is 5.32 Å². The van der Waals surface area contributed by atoms with Gasteiger partial charge in [-0.15, -0.1) is 0 Å². The van der Waals surface area contributed by atoms with Crippen LogP contribution in [0, 0.1) is 0 Å². The largest absolute Gasteiger partial charge is 0.354 e. The quantitative estimate of drug-likeness (QED) is 0.690. The van der Waals surface area contributed by atoms with Crippen LogP contribution in [0.15, 0.2) is 6.07 Å². The van der Waals surface area contributed by atoms with Gasteiger partial charge in [0.1, 0.15) is 5.69 Å². The molecule has 1 rings (SSSR count). The summed E-state index contributed by atoms with van der Waals surface area (Å²) in [6.45, 7) is 2.01. The summed E-state index contributed by atoms with van der Waals surface area (Å²) in [5.41, 5.74) is 1.55. The van der Waals surface area contributed by atoms with Gasteiger partial charge in [0.05, 0.1) is 5.69 Å². The Morgan fingerprint density at radius 2 is 2.42 bits per heavy atom. The number of carbonyl (C=O) groups excluding carboxylic acids is 1. The molecule has 0 unspecified atom stereocenters. The maximum atomic E-state index is 11.2. The molecule has 1 N–H and O–H groups in total. The van der Waals surface area contributed by atoms with E-state index in [9.17, 15) is 4.79 Å². The number of carbonyl (C=O) groups is 1. The molecule has 0 aliphatic rings. The lowest BCUT2D eigenvalue weighted by atomic mass is 10.3. The summed E-state index contributed by atoms with van der Waals surface area (Å²) in [5, 5.41) is 6.71. The molecule has 1 aromatic heterocycles. The number of nitrogens with zero attached hydrogens (tertiary/aromatic N) is 2. The normalized spacial score (nSPS) is 9.92. The van der Waals surface area contributed by atoms with E-state index in [2.05, 4.69) is 10.4 Å². The van der Waals surface area contributed by atoms with Crippen molar-refractivity contribution in [2.24, 2.45) is 7.05 Å². The zero-order valence-electron chi connectivity index (χ0n) is 7.59. The molecule has 1 amide bonds. The molecule has 0 bridgehead atoms. The van der Waals surface area contributed by atoms with Gasteiger partial charge in [0.15, 0.2) is 0 Å². The third-order valence-corrected chi connectivity index (χ3v) is 1.75. The lowest BCUT2D eigenvalue weighted by molar-refractivity contribution is 0.0954. The number of nitrogens with one attached hydrogen (secondary N) is 1. The van der Waals surface area contributed by atoms with Gasteiger partial charge in [-0.2, -0.15) is 5.10 Å². The monoisotopic (exact) mass is 167 g/mol. The SMILES string of the molecule is CCc1cc(C(=O)NC)n(C)n1. The number of amides is 1. The highest BCUT2D eigenvalue weighted by atomic mass is 16.1. The molecule has 0 aliphatic heterocycles. The van der Waals surface area contributed by atoms with E-state index >= 15 is 0 Å². The summed E-state index contributed by atoms with van der Waals surface area (Å²) in [4.78, 5) is 11.2. The van der Waals surface area contributed by atoms with Crippen LogP contribution in [0.25, 0.3) is 0 Å². The lowest BCUT2D eigenvalue weighted by Crippen LogP contribution is -2.20. The third-order valence-electron chi connectivity index (χ3n) is 1.75. The second-order valence-corrected chi connectivity index (χ2v) is 2.58. The van der Waals surface area contributed by atoms with Crippen molar-refractivity contribution in [2.45, 2.75) is 13.3 Å². The van der Waals surface area contributed by atoms with Gasteiger partial charge in [0, 0.05) is 14.1 Å². The first-order valence-corrected chi connectivity index (χ1v) is 3.94. The number of hydrogen-bond acceptors (Lipinski definition) is 2. The summed E-state index contributed by atoms with van der Waals surface area (Å²) < 4.78 is 1.59. The van der Waals surface area contributed by atoms with Crippen LogP contribution in [0.5, 0.6) is 0 Å². The van der Waals surface area contributed by atoms with E-state index in [1.807, 2.05) is 6.92 Å². The maximum absolute atomic E-state index is 11.2. The zero-order chi connectivity index (χ0) is 9.14. The molecule has 4 nitrogen and oxygen atoms in total. The summed E-state index contributed by atoms with van der Waals surface area (Å²) in [5.74, 6) is -0.0929.